The molecule has 1 heterocycles. The number of hydrogen-bond donors (Lipinski definition) is 2. The van der Waals surface area contributed by atoms with Crippen LogP contribution in [0.5, 0.6) is 0 Å². The number of nitrogens with zero attached hydrogens (tertiary/aromatic N) is 1. The highest BCUT2D eigenvalue weighted by molar-refractivity contribution is 7.89. The summed E-state index contributed by atoms with van der Waals surface area (Å²) < 4.78 is 26.8. The van der Waals surface area contributed by atoms with Crippen molar-refractivity contribution in [2.75, 3.05) is 18.8 Å². The molecule has 1 aliphatic heterocycles. The highest BCUT2D eigenvalue weighted by Crippen LogP contribution is 2.35. The molecule has 0 radical (unpaired) electrons. The minimum atomic E-state index is -3.60. The maximum atomic E-state index is 12.7. The summed E-state index contributed by atoms with van der Waals surface area (Å²) in [6.07, 6.45) is 1.30. The van der Waals surface area contributed by atoms with E-state index in [0.717, 1.165) is 5.56 Å². The van der Waals surface area contributed by atoms with E-state index in [0.29, 0.717) is 36.0 Å². The third kappa shape index (κ3) is 5.10. The molecule has 0 aliphatic carbocycles. The zero-order valence-corrected chi connectivity index (χ0v) is 17.1. The Morgan fingerprint density at radius 1 is 1.31 bits per heavy atom. The zero-order valence-electron chi connectivity index (χ0n) is 14.8. The molecular formula is C17H24Cl2N2O4S. The van der Waals surface area contributed by atoms with Crippen LogP contribution < -0.4 is 5.48 Å². The predicted octanol–water partition coefficient (Wildman–Crippen LogP) is 3.28. The first kappa shape index (κ1) is 21.4. The zero-order chi connectivity index (χ0) is 19.5. The van der Waals surface area contributed by atoms with E-state index in [9.17, 15) is 13.2 Å². The van der Waals surface area contributed by atoms with Crippen molar-refractivity contribution in [3.8, 4) is 0 Å². The Bertz CT molecular complexity index is 747. The molecule has 0 bridgehead atoms. The van der Waals surface area contributed by atoms with Crippen molar-refractivity contribution in [3.63, 3.8) is 0 Å². The van der Waals surface area contributed by atoms with Crippen LogP contribution in [0, 0.1) is 11.8 Å². The van der Waals surface area contributed by atoms with Gasteiger partial charge in [0.1, 0.15) is 0 Å². The number of carbonyl (C=O) groups excluding carboxylic acids is 1. The fourth-order valence-electron chi connectivity index (χ4n) is 3.26. The van der Waals surface area contributed by atoms with Gasteiger partial charge in [0, 0.05) is 23.1 Å². The summed E-state index contributed by atoms with van der Waals surface area (Å²) in [7, 11) is -3.60. The average molecular weight is 423 g/mol. The molecule has 1 amide bonds. The molecule has 9 heteroatoms. The monoisotopic (exact) mass is 422 g/mol. The lowest BCUT2D eigenvalue weighted by Gasteiger charge is -2.33. The number of hydroxylamine groups is 1. The van der Waals surface area contributed by atoms with Crippen LogP contribution in [0.4, 0.5) is 0 Å². The molecule has 2 N–H and O–H groups in total. The maximum absolute atomic E-state index is 12.7. The first-order valence-corrected chi connectivity index (χ1v) is 10.9. The molecule has 1 aromatic rings. The molecule has 0 spiro atoms. The average Bonchev–Trinajstić information content (AvgIpc) is 2.59. The van der Waals surface area contributed by atoms with E-state index in [4.69, 9.17) is 28.4 Å². The van der Waals surface area contributed by atoms with Crippen molar-refractivity contribution in [1.29, 1.82) is 0 Å². The van der Waals surface area contributed by atoms with Crippen LogP contribution in [0.2, 0.25) is 10.0 Å². The molecule has 2 rings (SSSR count). The van der Waals surface area contributed by atoms with Crippen molar-refractivity contribution in [1.82, 2.24) is 9.79 Å². The maximum Gasteiger partial charge on any atom is 0.247 e. The summed E-state index contributed by atoms with van der Waals surface area (Å²) in [5.74, 6) is -1.82. The van der Waals surface area contributed by atoms with Crippen molar-refractivity contribution in [2.24, 2.45) is 11.8 Å². The molecule has 6 nitrogen and oxygen atoms in total. The number of sulfonamides is 1. The SMILES string of the molecule is CC(C)[C@@H](CS(=O)(=O)N1CCC(c2ccc(Cl)cc2Cl)CC1)C(=O)NO. The third-order valence-corrected chi connectivity index (χ3v) is 7.39. The van der Waals surface area contributed by atoms with Gasteiger partial charge in [-0.1, -0.05) is 43.1 Å². The smallest absolute Gasteiger partial charge is 0.247 e. The van der Waals surface area contributed by atoms with Crippen LogP contribution >= 0.6 is 23.2 Å². The van der Waals surface area contributed by atoms with Crippen molar-refractivity contribution in [2.45, 2.75) is 32.6 Å². The molecule has 1 aliphatic rings. The van der Waals surface area contributed by atoms with Gasteiger partial charge in [-0.15, -0.1) is 0 Å². The Hall–Kier alpha value is -0.860. The number of benzene rings is 1. The fourth-order valence-corrected chi connectivity index (χ4v) is 5.79. The number of halogens is 2. The lowest BCUT2D eigenvalue weighted by atomic mass is 9.90. The Balaban J connectivity index is 2.04. The Labute approximate surface area is 164 Å². The third-order valence-electron chi connectivity index (χ3n) is 4.89. The highest BCUT2D eigenvalue weighted by atomic mass is 35.5. The van der Waals surface area contributed by atoms with Gasteiger partial charge in [-0.25, -0.2) is 18.2 Å². The second-order valence-corrected chi connectivity index (χ2v) is 9.80. The summed E-state index contributed by atoms with van der Waals surface area (Å²) in [5, 5.41) is 10.0. The molecule has 0 unspecified atom stereocenters. The van der Waals surface area contributed by atoms with Crippen LogP contribution in [-0.2, 0) is 14.8 Å². The van der Waals surface area contributed by atoms with E-state index in [1.165, 1.54) is 4.31 Å². The molecular weight excluding hydrogens is 399 g/mol. The number of piperidine rings is 1. The minimum absolute atomic E-state index is 0.174. The molecule has 0 aromatic heterocycles. The topological polar surface area (TPSA) is 86.7 Å². The molecule has 26 heavy (non-hydrogen) atoms. The summed E-state index contributed by atoms with van der Waals surface area (Å²) in [5.41, 5.74) is 2.54. The van der Waals surface area contributed by atoms with Gasteiger partial charge in [0.15, 0.2) is 0 Å². The van der Waals surface area contributed by atoms with E-state index in [-0.39, 0.29) is 17.6 Å². The lowest BCUT2D eigenvalue weighted by Crippen LogP contribution is -2.44. The molecule has 146 valence electrons. The van der Waals surface area contributed by atoms with Crippen LogP contribution in [0.1, 0.15) is 38.2 Å². The predicted molar refractivity (Wildman–Crippen MR) is 102 cm³/mol. The van der Waals surface area contributed by atoms with Crippen LogP contribution in [-0.4, -0.2) is 42.7 Å². The normalized spacial score (nSPS) is 18.1. The van der Waals surface area contributed by atoms with Crippen LogP contribution in [0.3, 0.4) is 0 Å². The number of carbonyl (C=O) groups is 1. The summed E-state index contributed by atoms with van der Waals surface area (Å²) in [6.45, 7) is 4.25. The van der Waals surface area contributed by atoms with Gasteiger partial charge in [-0.3, -0.25) is 10.0 Å². The van der Waals surface area contributed by atoms with Gasteiger partial charge in [-0.2, -0.15) is 0 Å². The van der Waals surface area contributed by atoms with Crippen molar-refractivity contribution >= 4 is 39.1 Å². The molecule has 1 aromatic carbocycles. The van der Waals surface area contributed by atoms with Crippen molar-refractivity contribution < 1.29 is 18.4 Å². The number of hydrogen-bond acceptors (Lipinski definition) is 4. The van der Waals surface area contributed by atoms with Gasteiger partial charge < -0.3 is 0 Å². The van der Waals surface area contributed by atoms with Crippen LogP contribution in [0.25, 0.3) is 0 Å². The standard InChI is InChI=1S/C17H24Cl2N2O4S/c1-11(2)15(17(22)20-23)10-26(24,25)21-7-5-12(6-8-21)14-4-3-13(18)9-16(14)19/h3-4,9,11-12,15,23H,5-8,10H2,1-2H3,(H,20,22)/t15-/m1/s1. The number of nitrogens with one attached hydrogen (secondary N) is 1. The number of amides is 1. The molecule has 1 fully saturated rings. The second kappa shape index (κ2) is 8.89. The summed E-state index contributed by atoms with van der Waals surface area (Å²) >= 11 is 12.2. The Morgan fingerprint density at radius 2 is 1.92 bits per heavy atom. The lowest BCUT2D eigenvalue weighted by molar-refractivity contribution is -0.134. The molecule has 1 saturated heterocycles. The van der Waals surface area contributed by atoms with E-state index in [1.54, 1.807) is 31.5 Å². The van der Waals surface area contributed by atoms with Gasteiger partial charge in [0.05, 0.1) is 11.7 Å². The quantitative estimate of drug-likeness (QED) is 0.543. The second-order valence-electron chi connectivity index (χ2n) is 6.94. The van der Waals surface area contributed by atoms with E-state index < -0.39 is 21.8 Å². The van der Waals surface area contributed by atoms with E-state index in [2.05, 4.69) is 0 Å². The Morgan fingerprint density at radius 3 is 2.42 bits per heavy atom. The first-order valence-electron chi connectivity index (χ1n) is 8.52. The van der Waals surface area contributed by atoms with E-state index in [1.807, 2.05) is 6.07 Å². The van der Waals surface area contributed by atoms with Gasteiger partial charge in [0.2, 0.25) is 15.9 Å². The molecule has 0 saturated carbocycles. The van der Waals surface area contributed by atoms with Gasteiger partial charge >= 0.3 is 0 Å². The van der Waals surface area contributed by atoms with Gasteiger partial charge in [0.25, 0.3) is 0 Å². The Kier molecular flexibility index (Phi) is 7.33. The summed E-state index contributed by atoms with van der Waals surface area (Å²) in [6, 6.07) is 5.37. The van der Waals surface area contributed by atoms with Crippen LogP contribution in [0.15, 0.2) is 18.2 Å². The highest BCUT2D eigenvalue weighted by Gasteiger charge is 2.34. The van der Waals surface area contributed by atoms with Crippen molar-refractivity contribution in [3.05, 3.63) is 33.8 Å². The van der Waals surface area contributed by atoms with Gasteiger partial charge in [-0.05, 0) is 42.4 Å². The summed E-state index contributed by atoms with van der Waals surface area (Å²) in [4.78, 5) is 11.7. The largest absolute Gasteiger partial charge is 0.289 e. The fraction of sp³-hybridized carbons (Fsp3) is 0.588. The van der Waals surface area contributed by atoms with E-state index >= 15 is 0 Å². The molecule has 1 atom stereocenters. The first-order chi connectivity index (χ1) is 12.2. The number of rotatable bonds is 6. The minimum Gasteiger partial charge on any atom is -0.289 e.